The molecule has 2 aromatic rings. The quantitative estimate of drug-likeness (QED) is 0.705. The molecule has 1 aromatic carbocycles. The number of aromatic nitrogens is 1. The normalized spacial score (nSPS) is 16.3. The van der Waals surface area contributed by atoms with Crippen LogP contribution in [0, 0.1) is 0 Å². The number of benzene rings is 1. The Labute approximate surface area is 103 Å². The molecular formula is C12H12N4O2. The smallest absolute Gasteiger partial charge is 0.324 e. The Kier molecular flexibility index (Phi) is 2.22. The Bertz CT molecular complexity index is 631. The third kappa shape index (κ3) is 1.58. The van der Waals surface area contributed by atoms with Crippen LogP contribution in [0.4, 0.5) is 9.59 Å². The van der Waals surface area contributed by atoms with Gasteiger partial charge in [0.25, 0.3) is 0 Å². The van der Waals surface area contributed by atoms with Crippen molar-refractivity contribution in [3.63, 3.8) is 0 Å². The van der Waals surface area contributed by atoms with Crippen LogP contribution in [0.3, 0.4) is 0 Å². The van der Waals surface area contributed by atoms with E-state index in [2.05, 4.69) is 16.0 Å². The first-order valence-electron chi connectivity index (χ1n) is 5.57. The number of carbonyl (C=O) groups excluding carboxylic acids is 2. The average molecular weight is 244 g/mol. The fourth-order valence-electron chi connectivity index (χ4n) is 2.23. The molecular weight excluding hydrogens is 232 g/mol. The molecule has 0 spiro atoms. The molecule has 2 heterocycles. The highest BCUT2D eigenvalue weighted by molar-refractivity contribution is 5.97. The van der Waals surface area contributed by atoms with E-state index >= 15 is 0 Å². The van der Waals surface area contributed by atoms with E-state index in [4.69, 9.17) is 0 Å². The van der Waals surface area contributed by atoms with Crippen molar-refractivity contribution in [1.82, 2.24) is 20.5 Å². The summed E-state index contributed by atoms with van der Waals surface area (Å²) >= 11 is 0. The fraction of sp³-hybridized carbons (Fsp3) is 0.167. The van der Waals surface area contributed by atoms with Gasteiger partial charge >= 0.3 is 12.1 Å². The molecule has 0 saturated carbocycles. The van der Waals surface area contributed by atoms with Gasteiger partial charge in [0.15, 0.2) is 0 Å². The molecule has 4 amide bonds. The molecule has 1 aliphatic heterocycles. The second-order valence-electron chi connectivity index (χ2n) is 4.22. The van der Waals surface area contributed by atoms with Crippen LogP contribution in [-0.2, 0) is 7.05 Å². The third-order valence-electron chi connectivity index (χ3n) is 3.02. The van der Waals surface area contributed by atoms with Crippen LogP contribution in [0.5, 0.6) is 0 Å². The summed E-state index contributed by atoms with van der Waals surface area (Å²) in [4.78, 5) is 22.6. The van der Waals surface area contributed by atoms with Gasteiger partial charge in [-0.2, -0.15) is 0 Å². The number of amides is 4. The molecule has 0 unspecified atom stereocenters. The largest absolute Gasteiger partial charge is 0.350 e. The summed E-state index contributed by atoms with van der Waals surface area (Å²) in [6.07, 6.45) is 1.40. The zero-order valence-electron chi connectivity index (χ0n) is 9.73. The zero-order chi connectivity index (χ0) is 12.7. The van der Waals surface area contributed by atoms with E-state index in [1.54, 1.807) is 0 Å². The minimum absolute atomic E-state index is 0.489. The maximum Gasteiger partial charge on any atom is 0.324 e. The Morgan fingerprint density at radius 3 is 2.50 bits per heavy atom. The van der Waals surface area contributed by atoms with Crippen LogP contribution in [0.1, 0.15) is 11.7 Å². The van der Waals surface area contributed by atoms with Crippen LogP contribution in [0.25, 0.3) is 10.9 Å². The van der Waals surface area contributed by atoms with E-state index in [-0.39, 0.29) is 0 Å². The number of hydrogen-bond donors (Lipinski definition) is 3. The van der Waals surface area contributed by atoms with Gasteiger partial charge in [-0.15, -0.1) is 0 Å². The maximum absolute atomic E-state index is 11.3. The average Bonchev–Trinajstić information content (AvgIpc) is 2.66. The van der Waals surface area contributed by atoms with Crippen molar-refractivity contribution >= 4 is 23.0 Å². The van der Waals surface area contributed by atoms with Crippen LogP contribution in [0.2, 0.25) is 0 Å². The monoisotopic (exact) mass is 244 g/mol. The summed E-state index contributed by atoms with van der Waals surface area (Å²) < 4.78 is 1.96. The molecule has 1 aromatic heterocycles. The number of hydrogen-bond acceptors (Lipinski definition) is 2. The lowest BCUT2D eigenvalue weighted by molar-refractivity contribution is 0.209. The third-order valence-corrected chi connectivity index (χ3v) is 3.02. The van der Waals surface area contributed by atoms with E-state index in [0.29, 0.717) is 0 Å². The number of fused-ring (bicyclic) bond motifs is 1. The number of aryl methyl sites for hydroxylation is 1. The van der Waals surface area contributed by atoms with Crippen molar-refractivity contribution in [3.05, 3.63) is 36.0 Å². The van der Waals surface area contributed by atoms with E-state index in [1.807, 2.05) is 42.1 Å². The minimum atomic E-state index is -0.502. The highest BCUT2D eigenvalue weighted by atomic mass is 16.2. The Morgan fingerprint density at radius 1 is 1.11 bits per heavy atom. The topological polar surface area (TPSA) is 75.2 Å². The first-order valence-corrected chi connectivity index (χ1v) is 5.57. The summed E-state index contributed by atoms with van der Waals surface area (Å²) in [5, 5.41) is 8.48. The Hall–Kier alpha value is -2.50. The van der Waals surface area contributed by atoms with Crippen molar-refractivity contribution < 1.29 is 9.59 Å². The van der Waals surface area contributed by atoms with Crippen LogP contribution >= 0.6 is 0 Å². The van der Waals surface area contributed by atoms with Gasteiger partial charge in [-0.1, -0.05) is 18.2 Å². The van der Waals surface area contributed by atoms with Gasteiger partial charge in [0.1, 0.15) is 6.17 Å². The second-order valence-corrected chi connectivity index (χ2v) is 4.22. The molecule has 1 saturated heterocycles. The van der Waals surface area contributed by atoms with Crippen molar-refractivity contribution in [2.45, 2.75) is 6.17 Å². The number of imide groups is 1. The number of nitrogens with zero attached hydrogens (tertiary/aromatic N) is 1. The van der Waals surface area contributed by atoms with Crippen molar-refractivity contribution in [2.75, 3.05) is 0 Å². The summed E-state index contributed by atoms with van der Waals surface area (Å²) in [5.74, 6) is 0. The Balaban J connectivity index is 2.09. The minimum Gasteiger partial charge on any atom is -0.350 e. The molecule has 6 heteroatoms. The number of rotatable bonds is 1. The molecule has 3 N–H and O–H groups in total. The van der Waals surface area contributed by atoms with Crippen LogP contribution in [0.15, 0.2) is 30.5 Å². The zero-order valence-corrected chi connectivity index (χ0v) is 9.73. The summed E-state index contributed by atoms with van der Waals surface area (Å²) in [7, 11) is 1.93. The first-order chi connectivity index (χ1) is 8.65. The van der Waals surface area contributed by atoms with Gasteiger partial charge in [-0.05, 0) is 6.07 Å². The standard InChI is InChI=1S/C12H12N4O2/c1-16-6-8(7-4-2-3-5-9(7)16)10-13-11(17)15-12(18)14-10/h2-6,10H,1H3,(H3,13,14,15,17,18). The number of urea groups is 2. The highest BCUT2D eigenvalue weighted by Gasteiger charge is 2.26. The van der Waals surface area contributed by atoms with E-state index in [0.717, 1.165) is 16.5 Å². The van der Waals surface area contributed by atoms with Crippen molar-refractivity contribution in [1.29, 1.82) is 0 Å². The SMILES string of the molecule is Cn1cc(C2NC(=O)NC(=O)N2)c2ccccc21. The Morgan fingerprint density at radius 2 is 1.78 bits per heavy atom. The predicted octanol–water partition coefficient (Wildman–Crippen LogP) is 1.20. The van der Waals surface area contributed by atoms with Gasteiger partial charge in [-0.3, -0.25) is 5.32 Å². The lowest BCUT2D eigenvalue weighted by Gasteiger charge is -2.24. The molecule has 0 radical (unpaired) electrons. The highest BCUT2D eigenvalue weighted by Crippen LogP contribution is 2.25. The first kappa shape index (κ1) is 10.6. The molecule has 0 atom stereocenters. The molecule has 3 rings (SSSR count). The number of nitrogens with one attached hydrogen (secondary N) is 3. The van der Waals surface area contributed by atoms with Gasteiger partial charge in [-0.25, -0.2) is 9.59 Å². The van der Waals surface area contributed by atoms with Crippen LogP contribution in [-0.4, -0.2) is 16.6 Å². The molecule has 1 aliphatic rings. The molecule has 0 bridgehead atoms. The molecule has 6 nitrogen and oxygen atoms in total. The second kappa shape index (κ2) is 3.76. The van der Waals surface area contributed by atoms with Crippen LogP contribution < -0.4 is 16.0 Å². The molecule has 1 fully saturated rings. The lowest BCUT2D eigenvalue weighted by Crippen LogP contribution is -2.56. The molecule has 18 heavy (non-hydrogen) atoms. The summed E-state index contributed by atoms with van der Waals surface area (Å²) in [6, 6.07) is 6.85. The molecule has 0 aliphatic carbocycles. The summed E-state index contributed by atoms with van der Waals surface area (Å²) in [6.45, 7) is 0. The number of carbonyl (C=O) groups is 2. The maximum atomic E-state index is 11.3. The van der Waals surface area contributed by atoms with E-state index < -0.39 is 18.2 Å². The summed E-state index contributed by atoms with van der Waals surface area (Å²) in [5.41, 5.74) is 1.92. The van der Waals surface area contributed by atoms with Crippen molar-refractivity contribution in [3.8, 4) is 0 Å². The fourth-order valence-corrected chi connectivity index (χ4v) is 2.23. The van der Waals surface area contributed by atoms with Crippen molar-refractivity contribution in [2.24, 2.45) is 7.05 Å². The van der Waals surface area contributed by atoms with E-state index in [1.165, 1.54) is 0 Å². The number of para-hydroxylation sites is 1. The van der Waals surface area contributed by atoms with Gasteiger partial charge < -0.3 is 15.2 Å². The van der Waals surface area contributed by atoms with Gasteiger partial charge in [0, 0.05) is 29.7 Å². The molecule has 92 valence electrons. The lowest BCUT2D eigenvalue weighted by atomic mass is 10.1. The predicted molar refractivity (Wildman–Crippen MR) is 65.9 cm³/mol. The van der Waals surface area contributed by atoms with Gasteiger partial charge in [0.2, 0.25) is 0 Å². The van der Waals surface area contributed by atoms with Gasteiger partial charge in [0.05, 0.1) is 0 Å². The van der Waals surface area contributed by atoms with E-state index in [9.17, 15) is 9.59 Å².